The predicted molar refractivity (Wildman–Crippen MR) is 113 cm³/mol. The minimum Gasteiger partial charge on any atom is -0.394 e. The van der Waals surface area contributed by atoms with Crippen LogP contribution in [0.15, 0.2) is 41.4 Å². The number of halogens is 6. The summed E-state index contributed by atoms with van der Waals surface area (Å²) in [7, 11) is 0. The van der Waals surface area contributed by atoms with Crippen LogP contribution in [0.3, 0.4) is 0 Å². The van der Waals surface area contributed by atoms with E-state index in [1.165, 1.54) is 12.1 Å². The second-order valence-electron chi connectivity index (χ2n) is 7.18. The first-order valence-electron chi connectivity index (χ1n) is 9.46. The van der Waals surface area contributed by atoms with Crippen molar-refractivity contribution in [1.82, 2.24) is 15.0 Å². The van der Waals surface area contributed by atoms with Gasteiger partial charge in [0.2, 0.25) is 0 Å². The van der Waals surface area contributed by atoms with Gasteiger partial charge in [0.1, 0.15) is 29.4 Å². The van der Waals surface area contributed by atoms with Gasteiger partial charge in [-0.1, -0.05) is 40.2 Å². The SMILES string of the molecule is OC[C@H]1O[C@H](Sc2ccc(Cl)c(Cl)c2)[C@H](F)[C@@H](n2cc(-c3cc(F)c(F)c(F)c3)nn2)[C@H]1O. The number of hydrogen-bond acceptors (Lipinski definition) is 6. The van der Waals surface area contributed by atoms with Gasteiger partial charge < -0.3 is 14.9 Å². The number of benzene rings is 2. The predicted octanol–water partition coefficient (Wildman–Crippen LogP) is 4.42. The molecule has 0 amide bonds. The third-order valence-corrected chi connectivity index (χ3v) is 6.91. The lowest BCUT2D eigenvalue weighted by Crippen LogP contribution is -2.53. The van der Waals surface area contributed by atoms with Gasteiger partial charge >= 0.3 is 0 Å². The molecule has 4 rings (SSSR count). The van der Waals surface area contributed by atoms with Crippen molar-refractivity contribution in [3.05, 3.63) is 64.0 Å². The van der Waals surface area contributed by atoms with Crippen LogP contribution in [-0.2, 0) is 4.74 Å². The number of aromatic nitrogens is 3. The van der Waals surface area contributed by atoms with Gasteiger partial charge in [-0.3, -0.25) is 0 Å². The number of aliphatic hydroxyl groups excluding tert-OH is 2. The number of rotatable bonds is 5. The highest BCUT2D eigenvalue weighted by atomic mass is 35.5. The molecule has 2 N–H and O–H groups in total. The van der Waals surface area contributed by atoms with Crippen molar-refractivity contribution in [2.24, 2.45) is 0 Å². The van der Waals surface area contributed by atoms with E-state index in [-0.39, 0.29) is 16.3 Å². The molecular formula is C20H15Cl2F4N3O3S. The van der Waals surface area contributed by atoms with E-state index in [0.29, 0.717) is 9.92 Å². The molecule has 1 aliphatic rings. The Balaban J connectivity index is 1.63. The standard InChI is InChI=1S/C20H15Cl2F4N3O3S/c21-10-2-1-9(5-11(10)22)33-20-17(26)18(19(31)15(7-30)32-20)29-6-14(27-28-29)8-3-12(23)16(25)13(24)4-8/h1-6,15,17-20,30-31H,7H2/t15-,17-,18-,19+,20-/m1/s1. The van der Waals surface area contributed by atoms with Crippen molar-refractivity contribution in [2.75, 3.05) is 6.61 Å². The van der Waals surface area contributed by atoms with E-state index in [1.54, 1.807) is 6.07 Å². The van der Waals surface area contributed by atoms with E-state index in [4.69, 9.17) is 27.9 Å². The first kappa shape index (κ1) is 24.2. The summed E-state index contributed by atoms with van der Waals surface area (Å²) in [6, 6.07) is 4.74. The Morgan fingerprint density at radius 3 is 2.42 bits per heavy atom. The number of ether oxygens (including phenoxy) is 1. The summed E-state index contributed by atoms with van der Waals surface area (Å²) in [5.41, 5.74) is -1.39. The highest BCUT2D eigenvalue weighted by Gasteiger charge is 2.47. The summed E-state index contributed by atoms with van der Waals surface area (Å²) in [4.78, 5) is 0.528. The second-order valence-corrected chi connectivity index (χ2v) is 9.17. The van der Waals surface area contributed by atoms with Crippen LogP contribution in [0.2, 0.25) is 10.0 Å². The third-order valence-electron chi connectivity index (χ3n) is 5.04. The molecule has 1 saturated heterocycles. The van der Waals surface area contributed by atoms with Crippen molar-refractivity contribution in [1.29, 1.82) is 0 Å². The molecule has 5 atom stereocenters. The Morgan fingerprint density at radius 2 is 1.79 bits per heavy atom. The zero-order valence-corrected chi connectivity index (χ0v) is 18.7. The van der Waals surface area contributed by atoms with E-state index in [0.717, 1.165) is 34.8 Å². The van der Waals surface area contributed by atoms with E-state index < -0.39 is 53.9 Å². The molecule has 3 aromatic rings. The van der Waals surface area contributed by atoms with Crippen molar-refractivity contribution in [2.45, 2.75) is 34.8 Å². The molecule has 2 aromatic carbocycles. The Labute approximate surface area is 199 Å². The first-order chi connectivity index (χ1) is 15.7. The van der Waals surface area contributed by atoms with Crippen LogP contribution < -0.4 is 0 Å². The zero-order valence-electron chi connectivity index (χ0n) is 16.4. The molecule has 0 aliphatic carbocycles. The van der Waals surface area contributed by atoms with Crippen LogP contribution in [0.5, 0.6) is 0 Å². The van der Waals surface area contributed by atoms with Gasteiger partial charge in [-0.2, -0.15) is 0 Å². The van der Waals surface area contributed by atoms with E-state index in [9.17, 15) is 23.4 Å². The topological polar surface area (TPSA) is 80.4 Å². The third kappa shape index (κ3) is 4.84. The minimum absolute atomic E-state index is 0.0760. The monoisotopic (exact) mass is 523 g/mol. The molecule has 2 heterocycles. The lowest BCUT2D eigenvalue weighted by Gasteiger charge is -2.40. The maximum atomic E-state index is 15.5. The summed E-state index contributed by atoms with van der Waals surface area (Å²) >= 11 is 12.9. The molecule has 0 spiro atoms. The summed E-state index contributed by atoms with van der Waals surface area (Å²) in [6.45, 7) is -0.612. The molecule has 1 aromatic heterocycles. The van der Waals surface area contributed by atoms with E-state index >= 15 is 4.39 Å². The van der Waals surface area contributed by atoms with Gasteiger partial charge in [-0.25, -0.2) is 22.2 Å². The minimum atomic E-state index is -1.85. The van der Waals surface area contributed by atoms with E-state index in [1.807, 2.05) is 0 Å². The maximum Gasteiger partial charge on any atom is 0.194 e. The molecular weight excluding hydrogens is 509 g/mol. The fraction of sp³-hybridized carbons (Fsp3) is 0.300. The fourth-order valence-corrected chi connectivity index (χ4v) is 4.84. The van der Waals surface area contributed by atoms with Gasteiger partial charge in [0.05, 0.1) is 22.8 Å². The number of aliphatic hydroxyl groups is 2. The number of nitrogens with zero attached hydrogens (tertiary/aromatic N) is 3. The van der Waals surface area contributed by atoms with Crippen molar-refractivity contribution in [3.63, 3.8) is 0 Å². The summed E-state index contributed by atoms with van der Waals surface area (Å²) < 4.78 is 62.4. The molecule has 0 saturated carbocycles. The molecule has 6 nitrogen and oxygen atoms in total. The molecule has 13 heteroatoms. The smallest absolute Gasteiger partial charge is 0.194 e. The number of thioether (sulfide) groups is 1. The Morgan fingerprint density at radius 1 is 1.09 bits per heavy atom. The molecule has 33 heavy (non-hydrogen) atoms. The van der Waals surface area contributed by atoms with Crippen molar-refractivity contribution in [3.8, 4) is 11.3 Å². The molecule has 176 valence electrons. The highest BCUT2D eigenvalue weighted by Crippen LogP contribution is 2.41. The van der Waals surface area contributed by atoms with E-state index in [2.05, 4.69) is 10.3 Å². The average molecular weight is 524 g/mol. The number of alkyl halides is 1. The summed E-state index contributed by atoms with van der Waals surface area (Å²) in [5, 5.41) is 28.3. The van der Waals surface area contributed by atoms with Crippen molar-refractivity contribution >= 4 is 35.0 Å². The zero-order chi connectivity index (χ0) is 23.9. The molecule has 0 unspecified atom stereocenters. The second kappa shape index (κ2) is 9.77. The van der Waals surface area contributed by atoms with Gasteiger partial charge in [-0.05, 0) is 30.3 Å². The molecule has 0 bridgehead atoms. The molecule has 0 radical (unpaired) electrons. The summed E-state index contributed by atoms with van der Waals surface area (Å²) in [5.74, 6) is -4.48. The Hall–Kier alpha value is -1.89. The molecule has 1 aliphatic heterocycles. The first-order valence-corrected chi connectivity index (χ1v) is 11.1. The van der Waals surface area contributed by atoms with Gasteiger partial charge in [0.15, 0.2) is 23.6 Å². The van der Waals surface area contributed by atoms with Crippen LogP contribution in [0.1, 0.15) is 6.04 Å². The van der Waals surface area contributed by atoms with Crippen molar-refractivity contribution < 1.29 is 32.5 Å². The lowest BCUT2D eigenvalue weighted by molar-refractivity contribution is -0.161. The van der Waals surface area contributed by atoms with Crippen LogP contribution in [0.4, 0.5) is 17.6 Å². The maximum absolute atomic E-state index is 15.5. The summed E-state index contributed by atoms with van der Waals surface area (Å²) in [6.07, 6.45) is -3.37. The van der Waals surface area contributed by atoms with Gasteiger partial charge in [0, 0.05) is 10.5 Å². The quantitative estimate of drug-likeness (QED) is 0.380. The Bertz CT molecular complexity index is 1150. The van der Waals surface area contributed by atoms with Crippen LogP contribution >= 0.6 is 35.0 Å². The van der Waals surface area contributed by atoms with Crippen LogP contribution in [0.25, 0.3) is 11.3 Å². The normalized spacial score (nSPS) is 25.4. The molecule has 1 fully saturated rings. The largest absolute Gasteiger partial charge is 0.394 e. The fourth-order valence-electron chi connectivity index (χ4n) is 3.39. The highest BCUT2D eigenvalue weighted by molar-refractivity contribution is 7.99. The average Bonchev–Trinajstić information content (AvgIpc) is 3.26. The lowest BCUT2D eigenvalue weighted by atomic mass is 9.98. The number of hydrogen-bond donors (Lipinski definition) is 2. The van der Waals surface area contributed by atoms with Crippen LogP contribution in [0, 0.1) is 17.5 Å². The van der Waals surface area contributed by atoms with Gasteiger partial charge in [0.25, 0.3) is 0 Å². The Kier molecular flexibility index (Phi) is 7.18. The van der Waals surface area contributed by atoms with Gasteiger partial charge in [-0.15, -0.1) is 5.10 Å². The van der Waals surface area contributed by atoms with Crippen LogP contribution in [-0.4, -0.2) is 55.6 Å².